The van der Waals surface area contributed by atoms with Crippen LogP contribution in [-0.2, 0) is 19.4 Å². The minimum atomic E-state index is 0.570. The van der Waals surface area contributed by atoms with Gasteiger partial charge in [0.2, 0.25) is 0 Å². The molecule has 136 valence electrons. The van der Waals surface area contributed by atoms with Crippen LogP contribution in [0.15, 0.2) is 12.1 Å². The molecule has 2 rings (SSSR count). The maximum Gasteiger partial charge on any atom is 0.121 e. The first-order valence-electron chi connectivity index (χ1n) is 10.2. The number of hydrogen-bond acceptors (Lipinski definition) is 2. The zero-order valence-corrected chi connectivity index (χ0v) is 16.1. The van der Waals surface area contributed by atoms with E-state index in [1.54, 1.807) is 0 Å². The Morgan fingerprint density at radius 3 is 2.00 bits per heavy atom. The van der Waals surface area contributed by atoms with Crippen LogP contribution < -0.4 is 0 Å². The van der Waals surface area contributed by atoms with Crippen molar-refractivity contribution in [3.8, 4) is 5.75 Å². The maximum atomic E-state index is 10.6. The molecule has 0 unspecified atom stereocenters. The van der Waals surface area contributed by atoms with Gasteiger partial charge in [0.25, 0.3) is 0 Å². The SMILES string of the molecule is CCCCc1cc(CN(C)C2CCCCC2)cc(CCCC)c1O. The first-order chi connectivity index (χ1) is 11.7. The van der Waals surface area contributed by atoms with Crippen molar-refractivity contribution >= 4 is 0 Å². The van der Waals surface area contributed by atoms with E-state index in [0.717, 1.165) is 49.4 Å². The Morgan fingerprint density at radius 1 is 0.958 bits per heavy atom. The molecule has 1 N–H and O–H groups in total. The third-order valence-corrected chi connectivity index (χ3v) is 5.56. The van der Waals surface area contributed by atoms with Crippen LogP contribution in [0.2, 0.25) is 0 Å². The largest absolute Gasteiger partial charge is 0.507 e. The zero-order valence-electron chi connectivity index (χ0n) is 16.1. The van der Waals surface area contributed by atoms with E-state index < -0.39 is 0 Å². The maximum absolute atomic E-state index is 10.6. The van der Waals surface area contributed by atoms with E-state index in [0.29, 0.717) is 5.75 Å². The number of rotatable bonds is 9. The summed E-state index contributed by atoms with van der Waals surface area (Å²) in [4.78, 5) is 2.54. The molecular formula is C22H37NO. The lowest BCUT2D eigenvalue weighted by atomic mass is 9.93. The quantitative estimate of drug-likeness (QED) is 0.614. The predicted molar refractivity (Wildman–Crippen MR) is 104 cm³/mol. The van der Waals surface area contributed by atoms with Crippen LogP contribution in [-0.4, -0.2) is 23.1 Å². The van der Waals surface area contributed by atoms with Crippen molar-refractivity contribution in [3.05, 3.63) is 28.8 Å². The van der Waals surface area contributed by atoms with E-state index in [9.17, 15) is 5.11 Å². The van der Waals surface area contributed by atoms with Crippen molar-refractivity contribution in [1.29, 1.82) is 0 Å². The van der Waals surface area contributed by atoms with E-state index in [2.05, 4.69) is 37.9 Å². The second-order valence-corrected chi connectivity index (χ2v) is 7.68. The van der Waals surface area contributed by atoms with E-state index in [1.165, 1.54) is 50.5 Å². The number of aromatic hydroxyl groups is 1. The van der Waals surface area contributed by atoms with Crippen LogP contribution in [0.3, 0.4) is 0 Å². The number of phenols is 1. The Kier molecular flexibility index (Phi) is 8.11. The fraction of sp³-hybridized carbons (Fsp3) is 0.727. The molecular weight excluding hydrogens is 294 g/mol. The van der Waals surface area contributed by atoms with Crippen molar-refractivity contribution in [3.63, 3.8) is 0 Å². The molecule has 1 aromatic rings. The third-order valence-electron chi connectivity index (χ3n) is 5.56. The normalized spacial score (nSPS) is 16.0. The number of unbranched alkanes of at least 4 members (excludes halogenated alkanes) is 2. The number of nitrogens with zero attached hydrogens (tertiary/aromatic N) is 1. The fourth-order valence-corrected chi connectivity index (χ4v) is 3.98. The lowest BCUT2D eigenvalue weighted by Crippen LogP contribution is -2.32. The third kappa shape index (κ3) is 5.51. The second-order valence-electron chi connectivity index (χ2n) is 7.68. The molecule has 1 aliphatic carbocycles. The van der Waals surface area contributed by atoms with E-state index in [-0.39, 0.29) is 0 Å². The molecule has 0 saturated heterocycles. The molecule has 0 radical (unpaired) electrons. The second kappa shape index (κ2) is 10.1. The zero-order chi connectivity index (χ0) is 17.4. The summed E-state index contributed by atoms with van der Waals surface area (Å²) in [5.74, 6) is 0.570. The molecule has 2 heteroatoms. The smallest absolute Gasteiger partial charge is 0.121 e. The van der Waals surface area contributed by atoms with Crippen molar-refractivity contribution in [1.82, 2.24) is 4.90 Å². The summed E-state index contributed by atoms with van der Waals surface area (Å²) in [6.07, 6.45) is 13.5. The summed E-state index contributed by atoms with van der Waals surface area (Å²) in [7, 11) is 2.28. The van der Waals surface area contributed by atoms with Gasteiger partial charge in [0, 0.05) is 12.6 Å². The van der Waals surface area contributed by atoms with Gasteiger partial charge in [-0.2, -0.15) is 0 Å². The highest BCUT2D eigenvalue weighted by atomic mass is 16.3. The number of hydrogen-bond donors (Lipinski definition) is 1. The molecule has 2 nitrogen and oxygen atoms in total. The van der Waals surface area contributed by atoms with Gasteiger partial charge in [-0.15, -0.1) is 0 Å². The highest BCUT2D eigenvalue weighted by Crippen LogP contribution is 2.29. The molecule has 0 heterocycles. The summed E-state index contributed by atoms with van der Waals surface area (Å²) in [6.45, 7) is 5.45. The molecule has 0 amide bonds. The Bertz CT molecular complexity index is 462. The number of aryl methyl sites for hydroxylation is 2. The average molecular weight is 332 g/mol. The van der Waals surface area contributed by atoms with E-state index in [1.807, 2.05) is 0 Å². The van der Waals surface area contributed by atoms with Crippen molar-refractivity contribution in [2.24, 2.45) is 0 Å². The molecule has 1 fully saturated rings. The van der Waals surface area contributed by atoms with Gasteiger partial charge in [-0.05, 0) is 62.3 Å². The molecule has 0 atom stereocenters. The average Bonchev–Trinajstić information content (AvgIpc) is 2.61. The Labute approximate surface area is 149 Å². The minimum Gasteiger partial charge on any atom is -0.507 e. The van der Waals surface area contributed by atoms with Crippen molar-refractivity contribution < 1.29 is 5.11 Å². The molecule has 0 aliphatic heterocycles. The lowest BCUT2D eigenvalue weighted by molar-refractivity contribution is 0.184. The molecule has 0 bridgehead atoms. The summed E-state index contributed by atoms with van der Waals surface area (Å²) >= 11 is 0. The van der Waals surface area contributed by atoms with Crippen LogP contribution in [0.1, 0.15) is 88.3 Å². The first-order valence-corrected chi connectivity index (χ1v) is 10.2. The summed E-state index contributed by atoms with van der Waals surface area (Å²) in [6, 6.07) is 5.27. The Morgan fingerprint density at radius 2 is 1.50 bits per heavy atom. The van der Waals surface area contributed by atoms with Crippen LogP contribution in [0.25, 0.3) is 0 Å². The van der Waals surface area contributed by atoms with Crippen molar-refractivity contribution in [2.45, 2.75) is 97.1 Å². The van der Waals surface area contributed by atoms with Crippen LogP contribution in [0.4, 0.5) is 0 Å². The topological polar surface area (TPSA) is 23.5 Å². The van der Waals surface area contributed by atoms with Crippen LogP contribution in [0.5, 0.6) is 5.75 Å². The van der Waals surface area contributed by atoms with Gasteiger partial charge in [0.15, 0.2) is 0 Å². The van der Waals surface area contributed by atoms with Gasteiger partial charge < -0.3 is 5.11 Å². The molecule has 0 aromatic heterocycles. The first kappa shape index (κ1) is 19.3. The van der Waals surface area contributed by atoms with E-state index in [4.69, 9.17) is 0 Å². The summed E-state index contributed by atoms with van der Waals surface area (Å²) < 4.78 is 0. The van der Waals surface area contributed by atoms with Gasteiger partial charge in [-0.3, -0.25) is 4.90 Å². The van der Waals surface area contributed by atoms with Gasteiger partial charge in [-0.1, -0.05) is 58.1 Å². The van der Waals surface area contributed by atoms with E-state index >= 15 is 0 Å². The molecule has 24 heavy (non-hydrogen) atoms. The van der Waals surface area contributed by atoms with Gasteiger partial charge >= 0.3 is 0 Å². The summed E-state index contributed by atoms with van der Waals surface area (Å²) in [5, 5.41) is 10.6. The van der Waals surface area contributed by atoms with Gasteiger partial charge in [0.05, 0.1) is 0 Å². The molecule has 1 saturated carbocycles. The monoisotopic (exact) mass is 331 g/mol. The number of benzene rings is 1. The van der Waals surface area contributed by atoms with Gasteiger partial charge in [0.1, 0.15) is 5.75 Å². The summed E-state index contributed by atoms with van der Waals surface area (Å²) in [5.41, 5.74) is 3.72. The predicted octanol–water partition coefficient (Wildman–Crippen LogP) is 5.84. The van der Waals surface area contributed by atoms with Crippen molar-refractivity contribution in [2.75, 3.05) is 7.05 Å². The Hall–Kier alpha value is -1.02. The molecule has 1 aromatic carbocycles. The molecule has 1 aliphatic rings. The highest BCUT2D eigenvalue weighted by Gasteiger charge is 2.19. The van der Waals surface area contributed by atoms with Gasteiger partial charge in [-0.25, -0.2) is 0 Å². The van der Waals surface area contributed by atoms with Crippen LogP contribution >= 0.6 is 0 Å². The lowest BCUT2D eigenvalue weighted by Gasteiger charge is -2.31. The minimum absolute atomic E-state index is 0.570. The Balaban J connectivity index is 2.13. The highest BCUT2D eigenvalue weighted by molar-refractivity contribution is 5.44. The standard InChI is InChI=1S/C22H37NO/c1-4-6-11-19-15-18(16-20(22(19)24)12-7-5-2)17-23(3)21-13-9-8-10-14-21/h15-16,21,24H,4-14,17H2,1-3H3. The number of phenolic OH excluding ortho intramolecular Hbond substituents is 1. The molecule has 0 spiro atoms. The fourth-order valence-electron chi connectivity index (χ4n) is 3.98. The van der Waals surface area contributed by atoms with Crippen LogP contribution in [0, 0.1) is 0 Å².